The fourth-order valence-corrected chi connectivity index (χ4v) is 4.24. The minimum atomic E-state index is -3.68. The number of nitrogens with one attached hydrogen (secondary N) is 2. The highest BCUT2D eigenvalue weighted by atomic mass is 35.5. The van der Waals surface area contributed by atoms with Crippen LogP contribution >= 0.6 is 11.6 Å². The Kier molecular flexibility index (Phi) is 9.04. The maximum Gasteiger partial charge on any atom is 0.262 e. The van der Waals surface area contributed by atoms with E-state index in [1.807, 2.05) is 0 Å². The Morgan fingerprint density at radius 1 is 1.03 bits per heavy atom. The zero-order chi connectivity index (χ0) is 26.1. The Balaban J connectivity index is 1.50. The molecule has 0 heterocycles. The third-order valence-corrected chi connectivity index (χ3v) is 6.19. The standard InChI is InChI=1S/C25H25ClN4O5S/c1-18-6-3-4-9-23(18)30(36(2,33)34)16-24(31)29-27-15-19-10-12-22(13-11-19)35-17-25(32)28-21-8-5-7-20(26)14-21/h3-15H,16-17H2,1-2H3,(H,28,32)(H,29,31)/b27-15-. The van der Waals surface area contributed by atoms with Gasteiger partial charge in [0.15, 0.2) is 6.61 Å². The van der Waals surface area contributed by atoms with Gasteiger partial charge in [-0.15, -0.1) is 0 Å². The molecule has 0 aliphatic rings. The van der Waals surface area contributed by atoms with Crippen molar-refractivity contribution in [1.82, 2.24) is 5.43 Å². The van der Waals surface area contributed by atoms with Gasteiger partial charge in [0, 0.05) is 10.7 Å². The fraction of sp³-hybridized carbons (Fsp3) is 0.160. The number of carbonyl (C=O) groups is 2. The summed E-state index contributed by atoms with van der Waals surface area (Å²) in [4.78, 5) is 24.4. The van der Waals surface area contributed by atoms with Gasteiger partial charge >= 0.3 is 0 Å². The van der Waals surface area contributed by atoms with Crippen LogP contribution in [0.2, 0.25) is 5.02 Å². The van der Waals surface area contributed by atoms with Crippen molar-refractivity contribution in [2.24, 2.45) is 5.10 Å². The van der Waals surface area contributed by atoms with E-state index >= 15 is 0 Å². The lowest BCUT2D eigenvalue weighted by molar-refractivity contribution is -0.119. The van der Waals surface area contributed by atoms with Crippen LogP contribution in [0.5, 0.6) is 5.75 Å². The summed E-state index contributed by atoms with van der Waals surface area (Å²) in [6.45, 7) is 1.17. The molecule has 0 atom stereocenters. The number of para-hydroxylation sites is 1. The summed E-state index contributed by atoms with van der Waals surface area (Å²) >= 11 is 5.90. The molecular weight excluding hydrogens is 504 g/mol. The van der Waals surface area contributed by atoms with Crippen LogP contribution in [0, 0.1) is 6.92 Å². The van der Waals surface area contributed by atoms with E-state index in [0.717, 1.165) is 16.1 Å². The predicted molar refractivity (Wildman–Crippen MR) is 141 cm³/mol. The van der Waals surface area contributed by atoms with Crippen LogP contribution in [0.25, 0.3) is 0 Å². The number of anilines is 2. The molecule has 0 aliphatic heterocycles. The van der Waals surface area contributed by atoms with Gasteiger partial charge in [-0.25, -0.2) is 13.8 Å². The average Bonchev–Trinajstić information content (AvgIpc) is 2.82. The van der Waals surface area contributed by atoms with Crippen LogP contribution in [0.3, 0.4) is 0 Å². The van der Waals surface area contributed by atoms with Crippen molar-refractivity contribution < 1.29 is 22.7 Å². The first-order valence-corrected chi connectivity index (χ1v) is 13.0. The van der Waals surface area contributed by atoms with Gasteiger partial charge in [0.05, 0.1) is 18.2 Å². The van der Waals surface area contributed by atoms with E-state index < -0.39 is 22.5 Å². The van der Waals surface area contributed by atoms with Crippen molar-refractivity contribution in [3.8, 4) is 5.75 Å². The lowest BCUT2D eigenvalue weighted by atomic mass is 10.2. The minimum Gasteiger partial charge on any atom is -0.484 e. The molecule has 3 rings (SSSR count). The number of hydrazone groups is 1. The molecule has 11 heteroatoms. The van der Waals surface area contributed by atoms with E-state index in [2.05, 4.69) is 15.8 Å². The average molecular weight is 529 g/mol. The van der Waals surface area contributed by atoms with Gasteiger partial charge in [0.1, 0.15) is 12.3 Å². The molecule has 0 unspecified atom stereocenters. The van der Waals surface area contributed by atoms with E-state index in [1.54, 1.807) is 79.7 Å². The Labute approximate surface area is 214 Å². The number of nitrogens with zero attached hydrogens (tertiary/aromatic N) is 2. The lowest BCUT2D eigenvalue weighted by Crippen LogP contribution is -2.39. The third-order valence-electron chi connectivity index (χ3n) is 4.83. The van der Waals surface area contributed by atoms with Crippen LogP contribution in [0.4, 0.5) is 11.4 Å². The lowest BCUT2D eigenvalue weighted by Gasteiger charge is -2.23. The molecule has 0 bridgehead atoms. The Hall–Kier alpha value is -3.89. The van der Waals surface area contributed by atoms with Gasteiger partial charge < -0.3 is 10.1 Å². The highest BCUT2D eigenvalue weighted by Crippen LogP contribution is 2.21. The molecule has 2 N–H and O–H groups in total. The summed E-state index contributed by atoms with van der Waals surface area (Å²) in [5.74, 6) is -0.454. The number of rotatable bonds is 10. The molecule has 2 amide bonds. The maximum absolute atomic E-state index is 12.3. The SMILES string of the molecule is Cc1ccccc1N(CC(=O)N/N=C\c1ccc(OCC(=O)Nc2cccc(Cl)c2)cc1)S(C)(=O)=O. The summed E-state index contributed by atoms with van der Waals surface area (Å²) in [6, 6.07) is 20.4. The normalized spacial score (nSPS) is 11.2. The number of aryl methyl sites for hydroxylation is 1. The number of benzene rings is 3. The first-order valence-electron chi connectivity index (χ1n) is 10.8. The minimum absolute atomic E-state index is 0.187. The van der Waals surface area contributed by atoms with Gasteiger partial charge in [-0.2, -0.15) is 5.10 Å². The highest BCUT2D eigenvalue weighted by molar-refractivity contribution is 7.92. The Morgan fingerprint density at radius 2 is 1.75 bits per heavy atom. The number of carbonyl (C=O) groups excluding carboxylic acids is 2. The summed E-state index contributed by atoms with van der Waals surface area (Å²) in [7, 11) is -3.68. The van der Waals surface area contributed by atoms with E-state index in [0.29, 0.717) is 27.7 Å². The molecule has 0 spiro atoms. The molecule has 36 heavy (non-hydrogen) atoms. The number of ether oxygens (including phenoxy) is 1. The van der Waals surface area contributed by atoms with Gasteiger partial charge in [0.25, 0.3) is 11.8 Å². The maximum atomic E-state index is 12.3. The molecule has 0 saturated carbocycles. The highest BCUT2D eigenvalue weighted by Gasteiger charge is 2.21. The van der Waals surface area contributed by atoms with Gasteiger partial charge in [-0.05, 0) is 66.6 Å². The van der Waals surface area contributed by atoms with Gasteiger partial charge in [0.2, 0.25) is 10.0 Å². The quantitative estimate of drug-likeness (QED) is 0.308. The van der Waals surface area contributed by atoms with Gasteiger partial charge in [-0.3, -0.25) is 13.9 Å². The van der Waals surface area contributed by atoms with Crippen molar-refractivity contribution >= 4 is 51.0 Å². The fourth-order valence-electron chi connectivity index (χ4n) is 3.13. The summed E-state index contributed by atoms with van der Waals surface area (Å²) in [6.07, 6.45) is 2.45. The molecule has 188 valence electrons. The van der Waals surface area contributed by atoms with Crippen molar-refractivity contribution in [3.05, 3.63) is 88.9 Å². The zero-order valence-corrected chi connectivity index (χ0v) is 21.2. The second-order valence-corrected chi connectivity index (χ2v) is 10.1. The van der Waals surface area contributed by atoms with Crippen LogP contribution in [0.15, 0.2) is 77.9 Å². The first-order chi connectivity index (χ1) is 17.1. The van der Waals surface area contributed by atoms with Crippen LogP contribution in [0.1, 0.15) is 11.1 Å². The molecule has 0 radical (unpaired) electrons. The largest absolute Gasteiger partial charge is 0.484 e. The van der Waals surface area contributed by atoms with E-state index in [9.17, 15) is 18.0 Å². The molecule has 9 nitrogen and oxygen atoms in total. The topological polar surface area (TPSA) is 117 Å². The zero-order valence-electron chi connectivity index (χ0n) is 19.6. The molecule has 0 aliphatic carbocycles. The van der Waals surface area contributed by atoms with E-state index in [4.69, 9.17) is 16.3 Å². The first kappa shape index (κ1) is 26.7. The van der Waals surface area contributed by atoms with Gasteiger partial charge in [-0.1, -0.05) is 35.9 Å². The van der Waals surface area contributed by atoms with Crippen molar-refractivity contribution in [2.45, 2.75) is 6.92 Å². The second-order valence-electron chi connectivity index (χ2n) is 7.77. The number of hydrogen-bond donors (Lipinski definition) is 2. The number of sulfonamides is 1. The van der Waals surface area contributed by atoms with E-state index in [1.165, 1.54) is 6.21 Å². The second kappa shape index (κ2) is 12.2. The molecule has 0 saturated heterocycles. The third kappa shape index (κ3) is 8.10. The smallest absolute Gasteiger partial charge is 0.262 e. The summed E-state index contributed by atoms with van der Waals surface area (Å²) in [5, 5.41) is 7.09. The summed E-state index contributed by atoms with van der Waals surface area (Å²) < 4.78 is 30.9. The monoisotopic (exact) mass is 528 g/mol. The van der Waals surface area contributed by atoms with Crippen molar-refractivity contribution in [2.75, 3.05) is 29.0 Å². The molecule has 3 aromatic carbocycles. The Bertz CT molecular complexity index is 1360. The molecule has 0 fully saturated rings. The van der Waals surface area contributed by atoms with Crippen LogP contribution in [-0.4, -0.2) is 45.9 Å². The van der Waals surface area contributed by atoms with E-state index in [-0.39, 0.29) is 12.5 Å². The number of hydrogen-bond acceptors (Lipinski definition) is 6. The number of amides is 2. The molecule has 0 aromatic heterocycles. The van der Waals surface area contributed by atoms with Crippen molar-refractivity contribution in [3.63, 3.8) is 0 Å². The number of halogens is 1. The summed E-state index contributed by atoms with van der Waals surface area (Å²) in [5.41, 5.74) is 4.72. The molecular formula is C25H25ClN4O5S. The van der Waals surface area contributed by atoms with Crippen molar-refractivity contribution in [1.29, 1.82) is 0 Å². The van der Waals surface area contributed by atoms with Crippen LogP contribution in [-0.2, 0) is 19.6 Å². The molecule has 3 aromatic rings. The Morgan fingerprint density at radius 3 is 2.42 bits per heavy atom. The van der Waals surface area contributed by atoms with Crippen LogP contribution < -0.4 is 19.8 Å². The predicted octanol–water partition coefficient (Wildman–Crippen LogP) is 3.58.